The van der Waals surface area contributed by atoms with E-state index in [1.165, 1.54) is 19.3 Å². The van der Waals surface area contributed by atoms with Crippen molar-refractivity contribution in [2.75, 3.05) is 39.2 Å². The summed E-state index contributed by atoms with van der Waals surface area (Å²) in [5.74, 6) is 2.02. The molecule has 0 radical (unpaired) electrons. The van der Waals surface area contributed by atoms with Crippen molar-refractivity contribution in [3.8, 4) is 0 Å². The molecule has 0 amide bonds. The van der Waals surface area contributed by atoms with Crippen LogP contribution in [0.3, 0.4) is 0 Å². The van der Waals surface area contributed by atoms with Gasteiger partial charge in [0.2, 0.25) is 0 Å². The number of ether oxygens (including phenoxy) is 1. The summed E-state index contributed by atoms with van der Waals surface area (Å²) in [6.45, 7) is 9.72. The third-order valence-electron chi connectivity index (χ3n) is 5.59. The number of aliphatic imine (C=N–C) groups is 1. The van der Waals surface area contributed by atoms with Crippen LogP contribution in [0.15, 0.2) is 46.5 Å². The number of halogens is 3. The van der Waals surface area contributed by atoms with Gasteiger partial charge in [-0.3, -0.25) is 0 Å². The number of unbranched alkanes of at least 4 members (excludes halogenated alkanes) is 5. The van der Waals surface area contributed by atoms with Crippen LogP contribution >= 0.6 is 0 Å². The topological polar surface area (TPSA) is 85.6 Å². The van der Waals surface area contributed by atoms with Gasteiger partial charge in [0, 0.05) is 26.8 Å². The molecular formula is C29H49F3N6O. The predicted molar refractivity (Wildman–Crippen MR) is 158 cm³/mol. The summed E-state index contributed by atoms with van der Waals surface area (Å²) in [6.07, 6.45) is 7.94. The number of pyridine rings is 1. The van der Waals surface area contributed by atoms with Gasteiger partial charge in [-0.15, -0.1) is 0 Å². The Balaban J connectivity index is 0.00000704. The summed E-state index contributed by atoms with van der Waals surface area (Å²) < 4.78 is 42.4. The minimum Gasteiger partial charge on any atom is -0.380 e. The number of aromatic nitrogens is 1. The molecule has 1 aromatic rings. The van der Waals surface area contributed by atoms with E-state index >= 15 is 0 Å². The predicted octanol–water partition coefficient (Wildman–Crippen LogP) is 7.47. The molecule has 0 aliphatic carbocycles. The molecule has 0 saturated carbocycles. The first-order valence-electron chi connectivity index (χ1n) is 13.7. The van der Waals surface area contributed by atoms with Gasteiger partial charge >= 0.3 is 6.18 Å². The molecule has 0 bridgehead atoms. The van der Waals surface area contributed by atoms with Crippen LogP contribution < -0.4 is 10.6 Å². The van der Waals surface area contributed by atoms with Gasteiger partial charge < -0.3 is 25.7 Å². The van der Waals surface area contributed by atoms with Crippen molar-refractivity contribution in [1.82, 2.24) is 15.2 Å². The minimum atomic E-state index is -4.34. The zero-order valence-corrected chi connectivity index (χ0v) is 24.7. The second kappa shape index (κ2) is 21.0. The van der Waals surface area contributed by atoms with Gasteiger partial charge in [0.15, 0.2) is 5.84 Å². The zero-order valence-electron chi connectivity index (χ0n) is 24.7. The molecule has 0 aliphatic rings. The molecule has 1 heterocycles. The van der Waals surface area contributed by atoms with Crippen molar-refractivity contribution >= 4 is 18.4 Å². The summed E-state index contributed by atoms with van der Waals surface area (Å²) in [4.78, 5) is 11.4. The van der Waals surface area contributed by atoms with Gasteiger partial charge in [-0.2, -0.15) is 13.2 Å². The molecule has 0 fully saturated rings. The van der Waals surface area contributed by atoms with E-state index in [4.69, 9.17) is 15.1 Å². The third-order valence-corrected chi connectivity index (χ3v) is 5.59. The average Bonchev–Trinajstić information content (AvgIpc) is 2.88. The lowest BCUT2D eigenvalue weighted by atomic mass is 10.0. The maximum Gasteiger partial charge on any atom is 0.411 e. The molecule has 0 unspecified atom stereocenters. The van der Waals surface area contributed by atoms with Gasteiger partial charge in [-0.25, -0.2) is 9.98 Å². The maximum absolute atomic E-state index is 12.5. The standard InChI is InChI=1S/C28H46F3N5O.CH3N/c1-7-9-11-12-13-14-23(4)26(33-18-19-37-21-28(29,30)31)27(34-24-20-22(3)16-17-32-24)35-25(36(5)6)15-10-8-2;1-2/h15-17,20,33H,7-14,18-19,21H2,1-6H3,(H,32,34,35);2H,1H2/b25-15-,26-23-;. The van der Waals surface area contributed by atoms with E-state index in [1.54, 1.807) is 6.20 Å². The maximum atomic E-state index is 12.5. The van der Waals surface area contributed by atoms with Gasteiger partial charge in [0.25, 0.3) is 0 Å². The van der Waals surface area contributed by atoms with Crippen molar-refractivity contribution in [1.29, 1.82) is 5.41 Å². The molecule has 0 spiro atoms. The fourth-order valence-electron chi connectivity index (χ4n) is 3.58. The number of anilines is 1. The van der Waals surface area contributed by atoms with Crippen LogP contribution in [0.1, 0.15) is 77.7 Å². The molecule has 222 valence electrons. The van der Waals surface area contributed by atoms with Crippen molar-refractivity contribution in [2.45, 2.75) is 85.2 Å². The summed E-state index contributed by atoms with van der Waals surface area (Å²) in [5.41, 5.74) is 2.90. The van der Waals surface area contributed by atoms with E-state index < -0.39 is 12.8 Å². The first-order chi connectivity index (χ1) is 18.6. The van der Waals surface area contributed by atoms with E-state index in [0.717, 1.165) is 54.8 Å². The van der Waals surface area contributed by atoms with E-state index in [-0.39, 0.29) is 13.2 Å². The van der Waals surface area contributed by atoms with E-state index in [9.17, 15) is 13.2 Å². The quantitative estimate of drug-likeness (QED) is 0.106. The SMILES string of the molecule is C=N.CCC/C=C(/N=C(Nc1cc(C)ccn1)\C(NCCOCC(F)(F)F)=C(/C)CCCCCCC)N(C)C. The molecule has 0 aromatic carbocycles. The van der Waals surface area contributed by atoms with Crippen LogP contribution in [-0.2, 0) is 4.74 Å². The van der Waals surface area contributed by atoms with Crippen LogP contribution in [0.4, 0.5) is 19.0 Å². The Labute approximate surface area is 233 Å². The van der Waals surface area contributed by atoms with Gasteiger partial charge in [0.05, 0.1) is 12.3 Å². The number of aryl methyl sites for hydroxylation is 1. The molecule has 10 heteroatoms. The lowest BCUT2D eigenvalue weighted by Gasteiger charge is -2.21. The lowest BCUT2D eigenvalue weighted by Crippen LogP contribution is -2.31. The largest absolute Gasteiger partial charge is 0.411 e. The highest BCUT2D eigenvalue weighted by Gasteiger charge is 2.27. The fourth-order valence-corrected chi connectivity index (χ4v) is 3.58. The number of rotatable bonds is 17. The van der Waals surface area contributed by atoms with E-state index in [1.807, 2.05) is 45.0 Å². The number of nitrogens with one attached hydrogen (secondary N) is 3. The summed E-state index contributed by atoms with van der Waals surface area (Å²) >= 11 is 0. The van der Waals surface area contributed by atoms with Crippen LogP contribution in [0.5, 0.6) is 0 Å². The first-order valence-corrected chi connectivity index (χ1v) is 13.7. The summed E-state index contributed by atoms with van der Waals surface area (Å²) in [7, 11) is 3.88. The number of hydrogen-bond acceptors (Lipinski definition) is 6. The highest BCUT2D eigenvalue weighted by Crippen LogP contribution is 2.18. The Hall–Kier alpha value is -2.88. The number of amidine groups is 1. The Morgan fingerprint density at radius 2 is 1.85 bits per heavy atom. The Kier molecular flexibility index (Phi) is 19.5. The van der Waals surface area contributed by atoms with Gasteiger partial charge in [-0.1, -0.05) is 46.0 Å². The minimum absolute atomic E-state index is 0.0744. The Morgan fingerprint density at radius 3 is 2.44 bits per heavy atom. The molecule has 1 rings (SSSR count). The molecule has 0 aliphatic heterocycles. The van der Waals surface area contributed by atoms with Crippen LogP contribution in [-0.4, -0.2) is 62.5 Å². The van der Waals surface area contributed by atoms with E-state index in [0.29, 0.717) is 11.7 Å². The molecule has 0 atom stereocenters. The lowest BCUT2D eigenvalue weighted by molar-refractivity contribution is -0.173. The molecular weight excluding hydrogens is 505 g/mol. The summed E-state index contributed by atoms with van der Waals surface area (Å²) in [5, 5.41) is 12.2. The normalized spacial score (nSPS) is 12.8. The molecule has 7 nitrogen and oxygen atoms in total. The first kappa shape index (κ1) is 36.1. The Bertz CT molecular complexity index is 897. The Morgan fingerprint density at radius 1 is 1.15 bits per heavy atom. The van der Waals surface area contributed by atoms with E-state index in [2.05, 4.69) is 42.3 Å². The molecule has 3 N–H and O–H groups in total. The second-order valence-electron chi connectivity index (χ2n) is 9.46. The average molecular weight is 555 g/mol. The highest BCUT2D eigenvalue weighted by molar-refractivity contribution is 6.08. The van der Waals surface area contributed by atoms with Crippen LogP contribution in [0.25, 0.3) is 0 Å². The second-order valence-corrected chi connectivity index (χ2v) is 9.46. The fraction of sp³-hybridized carbons (Fsp3) is 0.621. The molecule has 0 saturated heterocycles. The van der Waals surface area contributed by atoms with Crippen LogP contribution in [0, 0.1) is 12.3 Å². The number of nitrogens with zero attached hydrogens (tertiary/aromatic N) is 3. The number of alkyl halides is 3. The third kappa shape index (κ3) is 17.4. The van der Waals surface area contributed by atoms with Crippen molar-refractivity contribution in [2.24, 2.45) is 4.99 Å². The van der Waals surface area contributed by atoms with Crippen molar-refractivity contribution in [3.63, 3.8) is 0 Å². The van der Waals surface area contributed by atoms with Crippen molar-refractivity contribution < 1.29 is 17.9 Å². The van der Waals surface area contributed by atoms with Gasteiger partial charge in [-0.05, 0) is 69.2 Å². The molecule has 1 aromatic heterocycles. The molecule has 39 heavy (non-hydrogen) atoms. The monoisotopic (exact) mass is 554 g/mol. The van der Waals surface area contributed by atoms with Crippen LogP contribution in [0.2, 0.25) is 0 Å². The zero-order chi connectivity index (χ0) is 29.7. The smallest absolute Gasteiger partial charge is 0.380 e. The number of hydrogen-bond donors (Lipinski definition) is 3. The van der Waals surface area contributed by atoms with Crippen molar-refractivity contribution in [3.05, 3.63) is 47.1 Å². The van der Waals surface area contributed by atoms with Gasteiger partial charge in [0.1, 0.15) is 18.2 Å². The summed E-state index contributed by atoms with van der Waals surface area (Å²) in [6, 6.07) is 3.85. The number of allylic oxidation sites excluding steroid dienone is 2. The highest BCUT2D eigenvalue weighted by atomic mass is 19.4.